The summed E-state index contributed by atoms with van der Waals surface area (Å²) in [5.41, 5.74) is 0. The zero-order valence-corrected chi connectivity index (χ0v) is 11.9. The maximum absolute atomic E-state index is 11.3. The van der Waals surface area contributed by atoms with Crippen LogP contribution in [0.1, 0.15) is 39.5 Å². The molecule has 0 aromatic carbocycles. The number of rotatable bonds is 8. The van der Waals surface area contributed by atoms with Gasteiger partial charge in [-0.1, -0.05) is 38.0 Å². The molecule has 0 radical (unpaired) electrons. The van der Waals surface area contributed by atoms with Crippen LogP contribution in [-0.4, -0.2) is 12.5 Å². The van der Waals surface area contributed by atoms with E-state index in [1.54, 1.807) is 6.08 Å². The van der Waals surface area contributed by atoms with Gasteiger partial charge in [-0.2, -0.15) is 0 Å². The van der Waals surface area contributed by atoms with Gasteiger partial charge in [0.05, 0.1) is 0 Å². The molecule has 2 nitrogen and oxygen atoms in total. The van der Waals surface area contributed by atoms with Crippen LogP contribution in [0.2, 0.25) is 0 Å². The Morgan fingerprint density at radius 2 is 2.00 bits per heavy atom. The van der Waals surface area contributed by atoms with Gasteiger partial charge < -0.3 is 5.32 Å². The topological polar surface area (TPSA) is 29.1 Å². The largest absolute Gasteiger partial charge is 0.352 e. The van der Waals surface area contributed by atoms with Gasteiger partial charge in [-0.15, -0.1) is 6.42 Å². The summed E-state index contributed by atoms with van der Waals surface area (Å²) in [6.45, 7) is 4.87. The van der Waals surface area contributed by atoms with E-state index >= 15 is 0 Å². The number of carbonyl (C=O) groups is 1. The lowest BCUT2D eigenvalue weighted by atomic mass is 10.2. The van der Waals surface area contributed by atoms with Gasteiger partial charge in [0, 0.05) is 13.0 Å². The minimum atomic E-state index is -0.00574. The van der Waals surface area contributed by atoms with Gasteiger partial charge >= 0.3 is 0 Å². The molecular weight excluding hydrogens is 234 g/mol. The van der Waals surface area contributed by atoms with Gasteiger partial charge in [-0.25, -0.2) is 0 Å². The first kappa shape index (κ1) is 17.1. The summed E-state index contributed by atoms with van der Waals surface area (Å²) < 4.78 is 0. The highest BCUT2D eigenvalue weighted by Crippen LogP contribution is 1.98. The lowest BCUT2D eigenvalue weighted by molar-refractivity contribution is -0.116. The Labute approximate surface area is 117 Å². The van der Waals surface area contributed by atoms with Crippen LogP contribution < -0.4 is 5.32 Å². The Bertz CT molecular complexity index is 399. The number of carbonyl (C=O) groups excluding carboxylic acids is 1. The smallest absolute Gasteiger partial charge is 0.243 e. The van der Waals surface area contributed by atoms with Crippen LogP contribution in [0.15, 0.2) is 24.3 Å². The van der Waals surface area contributed by atoms with Crippen molar-refractivity contribution in [3.63, 3.8) is 0 Å². The second-order valence-electron chi connectivity index (χ2n) is 4.59. The quantitative estimate of drug-likeness (QED) is 0.308. The maximum Gasteiger partial charge on any atom is 0.243 e. The number of allylic oxidation sites excluding steroid dienone is 3. The molecule has 1 N–H and O–H groups in total. The molecule has 0 aromatic rings. The number of terminal acetylenes is 1. The monoisotopic (exact) mass is 257 g/mol. The molecule has 19 heavy (non-hydrogen) atoms. The molecule has 0 bridgehead atoms. The summed E-state index contributed by atoms with van der Waals surface area (Å²) >= 11 is 0. The Kier molecular flexibility index (Phi) is 11.3. The number of unbranched alkanes of at least 4 members (excludes halogenated alkanes) is 2. The Morgan fingerprint density at radius 3 is 2.68 bits per heavy atom. The molecule has 0 aromatic heterocycles. The number of nitrogens with one attached hydrogen (secondary N) is 1. The van der Waals surface area contributed by atoms with E-state index in [0.717, 1.165) is 25.8 Å². The molecule has 0 aliphatic heterocycles. The van der Waals surface area contributed by atoms with Crippen molar-refractivity contribution in [1.29, 1.82) is 0 Å². The Morgan fingerprint density at radius 1 is 1.26 bits per heavy atom. The lowest BCUT2D eigenvalue weighted by Crippen LogP contribution is -2.25. The van der Waals surface area contributed by atoms with Gasteiger partial charge in [0.15, 0.2) is 0 Å². The van der Waals surface area contributed by atoms with E-state index in [1.165, 1.54) is 0 Å². The molecule has 0 rings (SSSR count). The van der Waals surface area contributed by atoms with E-state index in [0.29, 0.717) is 12.3 Å². The SMILES string of the molecule is C#CC#CC/C=C/CCC/C=C/C(=O)NCC(C)C. The zero-order chi connectivity index (χ0) is 14.3. The molecular formula is C17H23NO. The molecule has 0 saturated carbocycles. The summed E-state index contributed by atoms with van der Waals surface area (Å²) in [4.78, 5) is 11.3. The molecule has 2 heteroatoms. The second kappa shape index (κ2) is 12.5. The second-order valence-corrected chi connectivity index (χ2v) is 4.59. The molecule has 0 fully saturated rings. The summed E-state index contributed by atoms with van der Waals surface area (Å²) in [5.74, 6) is 8.15. The molecule has 0 heterocycles. The first-order chi connectivity index (χ1) is 9.16. The van der Waals surface area contributed by atoms with Crippen molar-refractivity contribution in [2.45, 2.75) is 39.5 Å². The van der Waals surface area contributed by atoms with Gasteiger partial charge in [-0.05, 0) is 43.1 Å². The summed E-state index contributed by atoms with van der Waals surface area (Å²) in [7, 11) is 0. The Hall–Kier alpha value is -1.93. The molecule has 0 aliphatic rings. The summed E-state index contributed by atoms with van der Waals surface area (Å²) in [6, 6.07) is 0. The summed E-state index contributed by atoms with van der Waals surface area (Å²) in [5, 5.41) is 2.84. The highest BCUT2D eigenvalue weighted by atomic mass is 16.1. The third-order valence-electron chi connectivity index (χ3n) is 2.24. The van der Waals surface area contributed by atoms with E-state index in [1.807, 2.05) is 12.2 Å². The highest BCUT2D eigenvalue weighted by molar-refractivity contribution is 5.87. The lowest BCUT2D eigenvalue weighted by Gasteiger charge is -2.04. The predicted molar refractivity (Wildman–Crippen MR) is 81.2 cm³/mol. The van der Waals surface area contributed by atoms with Crippen molar-refractivity contribution in [2.24, 2.45) is 5.92 Å². The van der Waals surface area contributed by atoms with Crippen LogP contribution >= 0.6 is 0 Å². The van der Waals surface area contributed by atoms with Crippen molar-refractivity contribution in [3.05, 3.63) is 24.3 Å². The number of amides is 1. The van der Waals surface area contributed by atoms with Crippen LogP contribution in [0.4, 0.5) is 0 Å². The molecule has 102 valence electrons. The normalized spacial score (nSPS) is 10.4. The van der Waals surface area contributed by atoms with Crippen LogP contribution in [0.25, 0.3) is 0 Å². The first-order valence-corrected chi connectivity index (χ1v) is 6.69. The highest BCUT2D eigenvalue weighted by Gasteiger charge is 1.96. The van der Waals surface area contributed by atoms with Crippen molar-refractivity contribution in [3.8, 4) is 24.2 Å². The van der Waals surface area contributed by atoms with Crippen LogP contribution in [0.5, 0.6) is 0 Å². The van der Waals surface area contributed by atoms with Gasteiger partial charge in [0.2, 0.25) is 5.91 Å². The first-order valence-electron chi connectivity index (χ1n) is 6.69. The van der Waals surface area contributed by atoms with Gasteiger partial charge in [0.1, 0.15) is 0 Å². The molecule has 0 spiro atoms. The fraction of sp³-hybridized carbons (Fsp3) is 0.471. The minimum absolute atomic E-state index is 0.00574. The maximum atomic E-state index is 11.3. The fourth-order valence-electron chi connectivity index (χ4n) is 1.27. The van der Waals surface area contributed by atoms with Crippen LogP contribution in [0, 0.1) is 30.1 Å². The minimum Gasteiger partial charge on any atom is -0.352 e. The van der Waals surface area contributed by atoms with E-state index in [2.05, 4.69) is 43.0 Å². The summed E-state index contributed by atoms with van der Waals surface area (Å²) in [6.07, 6.45) is 16.3. The standard InChI is InChI=1S/C17H23NO/c1-4-5-6-7-8-9-10-11-12-13-14-17(19)18-15-16(2)3/h1,8-9,13-14,16H,7,10-12,15H2,2-3H3,(H,18,19)/b9-8+,14-13+. The molecule has 0 aliphatic carbocycles. The van der Waals surface area contributed by atoms with E-state index in [4.69, 9.17) is 6.42 Å². The predicted octanol–water partition coefficient (Wildman–Crippen LogP) is 3.07. The molecule has 0 saturated heterocycles. The fourth-order valence-corrected chi connectivity index (χ4v) is 1.27. The number of hydrogen-bond donors (Lipinski definition) is 1. The third kappa shape index (κ3) is 14.0. The molecule has 1 amide bonds. The van der Waals surface area contributed by atoms with Crippen molar-refractivity contribution >= 4 is 5.91 Å². The van der Waals surface area contributed by atoms with Crippen LogP contribution in [0.3, 0.4) is 0 Å². The van der Waals surface area contributed by atoms with Gasteiger partial charge in [0.25, 0.3) is 0 Å². The molecule has 0 unspecified atom stereocenters. The van der Waals surface area contributed by atoms with Crippen molar-refractivity contribution < 1.29 is 4.79 Å². The third-order valence-corrected chi connectivity index (χ3v) is 2.24. The van der Waals surface area contributed by atoms with Gasteiger partial charge in [-0.3, -0.25) is 4.79 Å². The van der Waals surface area contributed by atoms with E-state index in [-0.39, 0.29) is 5.91 Å². The van der Waals surface area contributed by atoms with Crippen LogP contribution in [-0.2, 0) is 4.79 Å². The average Bonchev–Trinajstić information content (AvgIpc) is 2.38. The number of hydrogen-bond acceptors (Lipinski definition) is 1. The van der Waals surface area contributed by atoms with E-state index < -0.39 is 0 Å². The Balaban J connectivity index is 3.53. The van der Waals surface area contributed by atoms with Crippen molar-refractivity contribution in [2.75, 3.05) is 6.54 Å². The molecule has 0 atom stereocenters. The zero-order valence-electron chi connectivity index (χ0n) is 11.9. The van der Waals surface area contributed by atoms with E-state index in [9.17, 15) is 4.79 Å². The average molecular weight is 257 g/mol. The van der Waals surface area contributed by atoms with Crippen molar-refractivity contribution in [1.82, 2.24) is 5.32 Å².